The zero-order valence-electron chi connectivity index (χ0n) is 47.3. The molecule has 0 unspecified atom stereocenters. The summed E-state index contributed by atoms with van der Waals surface area (Å²) in [7, 11) is 0. The Balaban J connectivity index is 0.709. The first-order valence-electron chi connectivity index (χ1n) is 28.6. The Bertz CT molecular complexity index is 3250. The van der Waals surface area contributed by atoms with E-state index >= 15 is 0 Å². The first-order valence-corrected chi connectivity index (χ1v) is 29.5. The van der Waals surface area contributed by atoms with Crippen LogP contribution in [-0.2, 0) is 23.9 Å². The second kappa shape index (κ2) is 23.8. The van der Waals surface area contributed by atoms with Crippen molar-refractivity contribution in [2.24, 2.45) is 5.41 Å². The van der Waals surface area contributed by atoms with Crippen LogP contribution < -0.4 is 30.1 Å². The molecule has 1 aliphatic carbocycles. The molecule has 19 nitrogen and oxygen atoms in total. The highest BCUT2D eigenvalue weighted by molar-refractivity contribution is 7.13. The molecule has 432 valence electrons. The van der Waals surface area contributed by atoms with E-state index in [-0.39, 0.29) is 44.2 Å². The summed E-state index contributed by atoms with van der Waals surface area (Å²) in [5.74, 6) is -0.669. The number of nitrogens with zero attached hydrogens (tertiary/aromatic N) is 10. The van der Waals surface area contributed by atoms with Crippen LogP contribution in [0.1, 0.15) is 82.2 Å². The summed E-state index contributed by atoms with van der Waals surface area (Å²) >= 11 is 1.53. The molecule has 1 saturated carbocycles. The Morgan fingerprint density at radius 3 is 2.15 bits per heavy atom. The number of thiazole rings is 1. The highest BCUT2D eigenvalue weighted by Crippen LogP contribution is 2.41. The van der Waals surface area contributed by atoms with Gasteiger partial charge in [-0.3, -0.25) is 19.2 Å². The van der Waals surface area contributed by atoms with Gasteiger partial charge in [-0.2, -0.15) is 15.1 Å². The van der Waals surface area contributed by atoms with Crippen molar-refractivity contribution in [2.75, 3.05) is 86.8 Å². The van der Waals surface area contributed by atoms with Gasteiger partial charge in [0.05, 0.1) is 53.6 Å². The zero-order valence-corrected chi connectivity index (χ0v) is 48.1. The van der Waals surface area contributed by atoms with Crippen LogP contribution in [0.2, 0.25) is 0 Å². The number of likely N-dealkylation sites (tertiary alicyclic amines) is 1. The average molecular weight is 1140 g/mol. The number of aromatic nitrogens is 5. The van der Waals surface area contributed by atoms with Crippen molar-refractivity contribution in [2.45, 2.75) is 109 Å². The van der Waals surface area contributed by atoms with Gasteiger partial charge in [0.2, 0.25) is 17.7 Å². The van der Waals surface area contributed by atoms with Crippen LogP contribution in [0.15, 0.2) is 96.6 Å². The number of ether oxygens (including phenoxy) is 2. The van der Waals surface area contributed by atoms with E-state index in [2.05, 4.69) is 79.7 Å². The van der Waals surface area contributed by atoms with Crippen LogP contribution in [0.4, 0.5) is 21.6 Å². The highest BCUT2D eigenvalue weighted by Gasteiger charge is 2.53. The summed E-state index contributed by atoms with van der Waals surface area (Å²) in [6.07, 6.45) is 2.54. The number of carbonyl (C=O) groups is 4. The third-order valence-electron chi connectivity index (χ3n) is 16.4. The fourth-order valence-electron chi connectivity index (χ4n) is 11.4. The zero-order chi connectivity index (χ0) is 57.3. The summed E-state index contributed by atoms with van der Waals surface area (Å²) < 4.78 is 28.9. The monoisotopic (exact) mass is 1140 g/mol. The number of alkyl halides is 1. The molecule has 4 aliphatic heterocycles. The number of amides is 4. The number of nitrogens with one attached hydrogen (secondary N) is 2. The number of hydrogen-bond acceptors (Lipinski definition) is 15. The van der Waals surface area contributed by atoms with E-state index < -0.39 is 53.0 Å². The highest BCUT2D eigenvalue weighted by atomic mass is 32.1. The molecule has 0 radical (unpaired) electrons. The van der Waals surface area contributed by atoms with Gasteiger partial charge in [-0.15, -0.1) is 11.3 Å². The summed E-state index contributed by atoms with van der Waals surface area (Å²) in [6, 6.07) is 25.9. The first kappa shape index (κ1) is 56.4. The van der Waals surface area contributed by atoms with Crippen molar-refractivity contribution in [3.63, 3.8) is 0 Å². The number of piperidine rings is 1. The van der Waals surface area contributed by atoms with Gasteiger partial charge in [0.1, 0.15) is 24.0 Å². The number of morpholine rings is 1. The van der Waals surface area contributed by atoms with Gasteiger partial charge in [-0.05, 0) is 79.6 Å². The number of aryl methyl sites for hydroxylation is 2. The molecule has 21 heteroatoms. The maximum atomic E-state index is 14.9. The third-order valence-corrected chi connectivity index (χ3v) is 17.4. The summed E-state index contributed by atoms with van der Waals surface area (Å²) in [5, 5.41) is 21.5. The van der Waals surface area contributed by atoms with Crippen molar-refractivity contribution < 1.29 is 38.1 Å². The first-order chi connectivity index (χ1) is 39.4. The Morgan fingerprint density at radius 2 is 1.50 bits per heavy atom. The minimum Gasteiger partial charge on any atom is -0.460 e. The fraction of sp³-hybridized carbons (Fsp3) is 0.475. The predicted molar refractivity (Wildman–Crippen MR) is 312 cm³/mol. The predicted octanol–water partition coefficient (Wildman–Crippen LogP) is 6.85. The number of piperazine rings is 1. The topological polar surface area (TPSA) is 204 Å². The lowest BCUT2D eigenvalue weighted by Crippen LogP contribution is -2.59. The normalized spacial score (nSPS) is 20.1. The number of β-amino-alcohol motifs (C(OH)–C–C–N with tert-alkyl or cyclic N) is 1. The van der Waals surface area contributed by atoms with E-state index in [1.165, 1.54) is 21.8 Å². The number of hydrogen-bond donors (Lipinski definition) is 3. The minimum atomic E-state index is -2.01. The molecule has 0 bridgehead atoms. The average Bonchev–Trinajstić information content (AvgIpc) is 4.01. The molecular formula is C61H73FN12O7S. The van der Waals surface area contributed by atoms with Gasteiger partial charge < -0.3 is 49.7 Å². The molecule has 5 aliphatic rings. The molecule has 5 fully saturated rings. The Kier molecular flexibility index (Phi) is 16.3. The molecule has 7 heterocycles. The lowest BCUT2D eigenvalue weighted by Gasteiger charge is -2.37. The largest absolute Gasteiger partial charge is 0.460 e. The van der Waals surface area contributed by atoms with Crippen LogP contribution in [0.5, 0.6) is 6.01 Å². The van der Waals surface area contributed by atoms with E-state index in [1.54, 1.807) is 31.0 Å². The Hall–Kier alpha value is -7.49. The van der Waals surface area contributed by atoms with Crippen molar-refractivity contribution in [1.82, 2.24) is 45.2 Å². The van der Waals surface area contributed by atoms with Crippen molar-refractivity contribution in [3.8, 4) is 33.5 Å². The van der Waals surface area contributed by atoms with Gasteiger partial charge in [0, 0.05) is 107 Å². The molecule has 0 spiro atoms. The number of halogens is 1. The van der Waals surface area contributed by atoms with Crippen LogP contribution in [0.3, 0.4) is 0 Å². The molecule has 4 amide bonds. The van der Waals surface area contributed by atoms with Crippen LogP contribution in [0, 0.1) is 19.3 Å². The maximum Gasteiger partial charge on any atom is 0.320 e. The second-order valence-corrected chi connectivity index (χ2v) is 24.3. The molecule has 6 aromatic rings. The number of benzene rings is 3. The summed E-state index contributed by atoms with van der Waals surface area (Å²) in [6.45, 7) is 15.7. The molecule has 3 aromatic carbocycles. The van der Waals surface area contributed by atoms with Crippen molar-refractivity contribution in [1.29, 1.82) is 0 Å². The van der Waals surface area contributed by atoms with Crippen LogP contribution in [-0.4, -0.2) is 165 Å². The number of carbonyl (C=O) groups excluding carboxylic acids is 4. The van der Waals surface area contributed by atoms with E-state index in [0.29, 0.717) is 56.8 Å². The van der Waals surface area contributed by atoms with E-state index in [4.69, 9.17) is 24.5 Å². The van der Waals surface area contributed by atoms with Gasteiger partial charge in [0.25, 0.3) is 5.91 Å². The van der Waals surface area contributed by atoms with E-state index in [1.807, 2.05) is 60.5 Å². The lowest BCUT2D eigenvalue weighted by molar-refractivity contribution is -0.145. The molecule has 3 N–H and O–H groups in total. The Labute approximate surface area is 481 Å². The minimum absolute atomic E-state index is 0.0379. The summed E-state index contributed by atoms with van der Waals surface area (Å²) in [5.41, 5.74) is 6.77. The smallest absolute Gasteiger partial charge is 0.320 e. The third kappa shape index (κ3) is 12.8. The van der Waals surface area contributed by atoms with Gasteiger partial charge >= 0.3 is 6.01 Å². The SMILES string of the molecule is Cc1cccc(-c2ccn(-c3cc(N4CCOCC4)nc(OC4CCN(c5ccc(N6CCN(C(=O)C[C@H](NC(=O)[C@@H]7C[C@@H](O)CN7C(=O)[C@@H](NC(=O)C7(F)CC7)C(C)(C)C)c7ccc(-c8scnc8C)cc7)CC6)cc5)CC4)n3)n2)c1. The van der Waals surface area contributed by atoms with Crippen LogP contribution in [0.25, 0.3) is 27.5 Å². The van der Waals surface area contributed by atoms with E-state index in [9.17, 15) is 28.7 Å². The molecule has 4 saturated heterocycles. The Morgan fingerprint density at radius 1 is 0.817 bits per heavy atom. The number of rotatable bonds is 16. The quantitative estimate of drug-likeness (QED) is 0.0908. The van der Waals surface area contributed by atoms with Gasteiger partial charge in [0.15, 0.2) is 11.5 Å². The van der Waals surface area contributed by atoms with E-state index in [0.717, 1.165) is 83.6 Å². The number of aliphatic hydroxyl groups is 1. The van der Waals surface area contributed by atoms with Gasteiger partial charge in [-0.1, -0.05) is 68.8 Å². The van der Waals surface area contributed by atoms with Crippen LogP contribution >= 0.6 is 11.3 Å². The van der Waals surface area contributed by atoms with Crippen molar-refractivity contribution in [3.05, 3.63) is 113 Å². The maximum absolute atomic E-state index is 14.9. The lowest BCUT2D eigenvalue weighted by atomic mass is 9.85. The second-order valence-electron chi connectivity index (χ2n) is 23.5. The fourth-order valence-corrected chi connectivity index (χ4v) is 12.2. The number of anilines is 3. The molecule has 82 heavy (non-hydrogen) atoms. The number of aliphatic hydroxyl groups excluding tert-OH is 1. The molecule has 11 rings (SSSR count). The van der Waals surface area contributed by atoms with Crippen molar-refractivity contribution >= 4 is 52.2 Å². The summed E-state index contributed by atoms with van der Waals surface area (Å²) in [4.78, 5) is 81.1. The molecule has 4 atom stereocenters. The van der Waals surface area contributed by atoms with Gasteiger partial charge in [-0.25, -0.2) is 14.1 Å². The molecule has 3 aromatic heterocycles. The molecular weight excluding hydrogens is 1060 g/mol. The standard InChI is InChI=1S/C61H73FN12O7S/c1-39-7-6-8-43(33-39)48-19-24-74(68-48)52-36-51(71-29-31-80-32-30-71)65-59(66-52)81-47-17-22-69(23-18-47)44-13-15-45(16-14-44)70-25-27-72(28-26-70)53(76)35-49(41-9-11-42(12-10-41)54-40(2)63-38-82-54)64-56(77)50-34-46(75)37-73(50)57(78)55(60(3,4)5)67-58(79)61(62)20-21-61/h6-16,19,24,33,36,38,46-47,49-50,55,75H,17-18,20-23,25-32,34-35,37H2,1-5H3,(H,64,77)(H,67,79)/t46-,49+,50+,55-/m1/s1.